The van der Waals surface area contributed by atoms with Gasteiger partial charge in [-0.2, -0.15) is 0 Å². The number of nitrogens with zero attached hydrogens (tertiary/aromatic N) is 1. The van der Waals surface area contributed by atoms with Crippen LogP contribution in [0.5, 0.6) is 0 Å². The number of aromatic nitrogens is 2. The van der Waals surface area contributed by atoms with Crippen molar-refractivity contribution in [3.8, 4) is 0 Å². The molecule has 2 nitrogen and oxygen atoms in total. The normalized spacial score (nSPS) is 11.3. The van der Waals surface area contributed by atoms with E-state index in [1.54, 1.807) is 0 Å². The first-order valence-electron chi connectivity index (χ1n) is 7.11. The summed E-state index contributed by atoms with van der Waals surface area (Å²) in [7, 11) is 0. The number of benzene rings is 1. The van der Waals surface area contributed by atoms with Crippen molar-refractivity contribution < 1.29 is 0 Å². The number of hydrogen-bond acceptors (Lipinski definition) is 1. The Morgan fingerprint density at radius 3 is 2.68 bits per heavy atom. The molecule has 0 fully saturated rings. The Balaban J connectivity index is 2.00. The molecule has 0 bridgehead atoms. The second-order valence-corrected chi connectivity index (χ2v) is 5.78. The van der Waals surface area contributed by atoms with Crippen molar-refractivity contribution in [1.29, 1.82) is 0 Å². The highest BCUT2D eigenvalue weighted by Crippen LogP contribution is 2.23. The lowest BCUT2D eigenvalue weighted by Gasteiger charge is -2.05. The minimum absolute atomic E-state index is 0.774. The lowest BCUT2D eigenvalue weighted by Crippen LogP contribution is -1.98. The first kappa shape index (κ1) is 14.6. The Morgan fingerprint density at radius 1 is 1.16 bits per heavy atom. The summed E-state index contributed by atoms with van der Waals surface area (Å²) in [6.45, 7) is 3.20. The molecule has 0 aliphatic rings. The lowest BCUT2D eigenvalue weighted by molar-refractivity contribution is 0.561. The number of H-pyrrole nitrogens is 1. The molecule has 1 aromatic heterocycles. The van der Waals surface area contributed by atoms with Gasteiger partial charge in [0.15, 0.2) is 4.77 Å². The summed E-state index contributed by atoms with van der Waals surface area (Å²) in [5, 5.41) is 0.774. The number of aryl methyl sites for hydroxylation is 1. The summed E-state index contributed by atoms with van der Waals surface area (Å²) in [6, 6.07) is 5.89. The van der Waals surface area contributed by atoms with Crippen molar-refractivity contribution in [2.24, 2.45) is 0 Å². The number of nitrogens with one attached hydrogen (secondary N) is 1. The Bertz CT molecular complexity index is 585. The van der Waals surface area contributed by atoms with Crippen molar-refractivity contribution in [3.05, 3.63) is 28.0 Å². The van der Waals surface area contributed by atoms with Crippen LogP contribution in [-0.2, 0) is 6.54 Å². The zero-order valence-corrected chi connectivity index (χ0v) is 13.0. The van der Waals surface area contributed by atoms with Crippen LogP contribution in [0, 0.1) is 4.77 Å². The fraction of sp³-hybridized carbons (Fsp3) is 0.533. The molecule has 2 rings (SSSR count). The molecule has 1 aromatic carbocycles. The third-order valence-electron chi connectivity index (χ3n) is 3.48. The average Bonchev–Trinajstić information content (AvgIpc) is 2.71. The summed E-state index contributed by atoms with van der Waals surface area (Å²) in [5.41, 5.74) is 2.08. The van der Waals surface area contributed by atoms with Gasteiger partial charge >= 0.3 is 0 Å². The number of para-hydroxylation sites is 1. The lowest BCUT2D eigenvalue weighted by atomic mass is 10.1. The van der Waals surface area contributed by atoms with Gasteiger partial charge in [-0.15, -0.1) is 0 Å². The molecular formula is C15H21ClN2S. The molecule has 0 saturated heterocycles. The minimum Gasteiger partial charge on any atom is -0.331 e. The number of halogens is 1. The molecule has 0 aliphatic carbocycles. The minimum atomic E-state index is 0.774. The van der Waals surface area contributed by atoms with E-state index in [0.717, 1.165) is 33.8 Å². The molecule has 1 heterocycles. The van der Waals surface area contributed by atoms with Gasteiger partial charge < -0.3 is 9.55 Å². The molecular weight excluding hydrogens is 276 g/mol. The summed E-state index contributed by atoms with van der Waals surface area (Å²) in [6.07, 6.45) is 7.73. The van der Waals surface area contributed by atoms with Crippen LogP contribution in [0.2, 0.25) is 5.02 Å². The van der Waals surface area contributed by atoms with Crippen LogP contribution in [-0.4, -0.2) is 9.55 Å². The Hall–Kier alpha value is -0.800. The first-order chi connectivity index (χ1) is 9.24. The number of fused-ring (bicyclic) bond motifs is 1. The third-order valence-corrected chi connectivity index (χ3v) is 4.11. The molecule has 0 radical (unpaired) electrons. The predicted molar refractivity (Wildman–Crippen MR) is 85.5 cm³/mol. The Labute approximate surface area is 124 Å². The van der Waals surface area contributed by atoms with Gasteiger partial charge in [-0.1, -0.05) is 56.7 Å². The van der Waals surface area contributed by atoms with Gasteiger partial charge in [0.1, 0.15) is 0 Å². The summed E-state index contributed by atoms with van der Waals surface area (Å²) >= 11 is 11.7. The average molecular weight is 297 g/mol. The summed E-state index contributed by atoms with van der Waals surface area (Å²) in [5.74, 6) is 0. The molecule has 1 N–H and O–H groups in total. The van der Waals surface area contributed by atoms with E-state index in [0.29, 0.717) is 0 Å². The molecule has 2 aromatic rings. The maximum absolute atomic E-state index is 6.27. The largest absolute Gasteiger partial charge is 0.331 e. The van der Waals surface area contributed by atoms with Gasteiger partial charge in [0.05, 0.1) is 16.1 Å². The van der Waals surface area contributed by atoms with Gasteiger partial charge in [0.2, 0.25) is 0 Å². The molecule has 0 aliphatic heterocycles. The second kappa shape index (κ2) is 7.11. The molecule has 0 amide bonds. The standard InChI is InChI=1S/C15H21ClN2S/c1-2-3-4-5-6-7-11-18-14-12(16)9-8-10-13(14)17-15(18)19/h8-10H,2-7,11H2,1H3,(H,17,19). The molecule has 4 heteroatoms. The fourth-order valence-corrected chi connectivity index (χ4v) is 3.01. The molecule has 19 heavy (non-hydrogen) atoms. The van der Waals surface area contributed by atoms with E-state index in [9.17, 15) is 0 Å². The maximum Gasteiger partial charge on any atom is 0.178 e. The van der Waals surface area contributed by atoms with Crippen molar-refractivity contribution in [1.82, 2.24) is 9.55 Å². The molecule has 0 atom stereocenters. The molecule has 0 unspecified atom stereocenters. The Kier molecular flexibility index (Phi) is 5.46. The van der Waals surface area contributed by atoms with Crippen LogP contribution in [0.1, 0.15) is 45.4 Å². The van der Waals surface area contributed by atoms with Gasteiger partial charge in [0, 0.05) is 6.54 Å². The first-order valence-corrected chi connectivity index (χ1v) is 7.89. The van der Waals surface area contributed by atoms with E-state index in [1.165, 1.54) is 32.1 Å². The van der Waals surface area contributed by atoms with Gasteiger partial charge in [-0.3, -0.25) is 0 Å². The highest BCUT2D eigenvalue weighted by Gasteiger charge is 2.07. The van der Waals surface area contributed by atoms with Gasteiger partial charge in [-0.25, -0.2) is 0 Å². The van der Waals surface area contributed by atoms with Crippen LogP contribution in [0.3, 0.4) is 0 Å². The maximum atomic E-state index is 6.27. The molecule has 0 saturated carbocycles. The second-order valence-electron chi connectivity index (χ2n) is 4.99. The van der Waals surface area contributed by atoms with Crippen molar-refractivity contribution in [2.45, 2.75) is 52.0 Å². The van der Waals surface area contributed by atoms with E-state index in [2.05, 4.69) is 16.5 Å². The smallest absolute Gasteiger partial charge is 0.178 e. The molecule has 0 spiro atoms. The van der Waals surface area contributed by atoms with Gasteiger partial charge in [-0.05, 0) is 30.8 Å². The van der Waals surface area contributed by atoms with Crippen molar-refractivity contribution in [3.63, 3.8) is 0 Å². The number of rotatable bonds is 7. The SMILES string of the molecule is CCCCCCCCn1c(=S)[nH]c2cccc(Cl)c21. The quantitative estimate of drug-likeness (QED) is 0.512. The summed E-state index contributed by atoms with van der Waals surface area (Å²) < 4.78 is 2.91. The number of aromatic amines is 1. The topological polar surface area (TPSA) is 20.7 Å². The monoisotopic (exact) mass is 296 g/mol. The van der Waals surface area contributed by atoms with Crippen LogP contribution >= 0.6 is 23.8 Å². The highest BCUT2D eigenvalue weighted by atomic mass is 35.5. The van der Waals surface area contributed by atoms with E-state index >= 15 is 0 Å². The zero-order chi connectivity index (χ0) is 13.7. The number of hydrogen-bond donors (Lipinski definition) is 1. The predicted octanol–water partition coefficient (Wildman–Crippen LogP) is 5.71. The van der Waals surface area contributed by atoms with Gasteiger partial charge in [0.25, 0.3) is 0 Å². The van der Waals surface area contributed by atoms with Crippen molar-refractivity contribution >= 4 is 34.9 Å². The summed E-state index contributed by atoms with van der Waals surface area (Å²) in [4.78, 5) is 3.22. The van der Waals surface area contributed by atoms with Crippen LogP contribution in [0.15, 0.2) is 18.2 Å². The number of unbranched alkanes of at least 4 members (excludes halogenated alkanes) is 5. The van der Waals surface area contributed by atoms with E-state index in [-0.39, 0.29) is 0 Å². The van der Waals surface area contributed by atoms with Crippen LogP contribution in [0.4, 0.5) is 0 Å². The van der Waals surface area contributed by atoms with E-state index in [1.807, 2.05) is 18.2 Å². The van der Waals surface area contributed by atoms with Crippen LogP contribution < -0.4 is 0 Å². The zero-order valence-electron chi connectivity index (χ0n) is 11.4. The third kappa shape index (κ3) is 3.61. The Morgan fingerprint density at radius 2 is 1.89 bits per heavy atom. The van der Waals surface area contributed by atoms with E-state index < -0.39 is 0 Å². The van der Waals surface area contributed by atoms with Crippen LogP contribution in [0.25, 0.3) is 11.0 Å². The number of imidazole rings is 1. The van der Waals surface area contributed by atoms with Crippen molar-refractivity contribution in [2.75, 3.05) is 0 Å². The fourth-order valence-electron chi connectivity index (χ4n) is 2.44. The highest BCUT2D eigenvalue weighted by molar-refractivity contribution is 7.71. The molecule has 104 valence electrons. The van der Waals surface area contributed by atoms with E-state index in [4.69, 9.17) is 23.8 Å².